The van der Waals surface area contributed by atoms with Gasteiger partial charge in [0.15, 0.2) is 0 Å². The molecule has 4 rings (SSSR count). The third-order valence-electron chi connectivity index (χ3n) is 5.46. The summed E-state index contributed by atoms with van der Waals surface area (Å²) in [6.45, 7) is 2.95. The smallest absolute Gasteiger partial charge is 0.331 e. The maximum atomic E-state index is 13.2. The minimum absolute atomic E-state index is 0.111. The highest BCUT2D eigenvalue weighted by atomic mass is 35.5. The fraction of sp³-hybridized carbons (Fsp3) is 0.240. The van der Waals surface area contributed by atoms with Crippen LogP contribution in [0.25, 0.3) is 10.2 Å². The molecule has 0 aliphatic rings. The standard InChI is InChI=1S/C25H24ClN3O3S/c1-17-7-9-18(10-8-17)15-27-22(30)6-3-12-28-24(31)23-21(11-13-33-23)29(25(28)32)16-19-4-2-5-20(26)14-19/h2,4-5,7-11,13-14H,3,6,12,15-16H2,1H3,(H,27,30). The minimum Gasteiger partial charge on any atom is -0.352 e. The van der Waals surface area contributed by atoms with Crippen LogP contribution in [-0.4, -0.2) is 15.0 Å². The van der Waals surface area contributed by atoms with Crippen molar-refractivity contribution < 1.29 is 4.79 Å². The number of amides is 1. The number of aromatic nitrogens is 2. The zero-order valence-electron chi connectivity index (χ0n) is 18.2. The van der Waals surface area contributed by atoms with E-state index in [0.717, 1.165) is 11.1 Å². The number of thiophene rings is 1. The number of hydrogen-bond acceptors (Lipinski definition) is 4. The highest BCUT2D eigenvalue weighted by Gasteiger charge is 2.15. The molecule has 0 bridgehead atoms. The molecule has 0 aliphatic heterocycles. The third kappa shape index (κ3) is 5.43. The second-order valence-electron chi connectivity index (χ2n) is 7.96. The lowest BCUT2D eigenvalue weighted by atomic mass is 10.1. The fourth-order valence-electron chi connectivity index (χ4n) is 3.69. The summed E-state index contributed by atoms with van der Waals surface area (Å²) in [6, 6.07) is 17.1. The molecule has 0 radical (unpaired) electrons. The van der Waals surface area contributed by atoms with E-state index in [0.29, 0.717) is 34.7 Å². The summed E-state index contributed by atoms with van der Waals surface area (Å²) >= 11 is 7.41. The van der Waals surface area contributed by atoms with Gasteiger partial charge in [-0.05, 0) is 48.1 Å². The number of carbonyl (C=O) groups excluding carboxylic acids is 1. The Labute approximate surface area is 200 Å². The topological polar surface area (TPSA) is 73.1 Å². The Morgan fingerprint density at radius 3 is 2.58 bits per heavy atom. The average molecular weight is 482 g/mol. The van der Waals surface area contributed by atoms with Crippen molar-refractivity contribution in [1.29, 1.82) is 0 Å². The molecule has 0 fully saturated rings. The van der Waals surface area contributed by atoms with Crippen molar-refractivity contribution >= 4 is 39.1 Å². The Hall–Kier alpha value is -3.16. The van der Waals surface area contributed by atoms with E-state index in [4.69, 9.17) is 11.6 Å². The summed E-state index contributed by atoms with van der Waals surface area (Å²) in [5.74, 6) is -0.111. The third-order valence-corrected chi connectivity index (χ3v) is 6.59. The molecular weight excluding hydrogens is 458 g/mol. The van der Waals surface area contributed by atoms with Crippen molar-refractivity contribution in [2.75, 3.05) is 0 Å². The maximum Gasteiger partial charge on any atom is 0.331 e. The minimum atomic E-state index is -0.383. The first-order valence-electron chi connectivity index (χ1n) is 10.7. The highest BCUT2D eigenvalue weighted by molar-refractivity contribution is 7.17. The van der Waals surface area contributed by atoms with Gasteiger partial charge in [0.2, 0.25) is 5.91 Å². The van der Waals surface area contributed by atoms with E-state index < -0.39 is 0 Å². The maximum absolute atomic E-state index is 13.2. The van der Waals surface area contributed by atoms with E-state index in [-0.39, 0.29) is 30.1 Å². The Bertz CT molecular complexity index is 1400. The molecule has 2 aromatic carbocycles. The SMILES string of the molecule is Cc1ccc(CNC(=O)CCCn2c(=O)c3sccc3n(Cc3cccc(Cl)c3)c2=O)cc1. The second kappa shape index (κ2) is 10.2. The van der Waals surface area contributed by atoms with Crippen LogP contribution in [0.1, 0.15) is 29.5 Å². The van der Waals surface area contributed by atoms with Gasteiger partial charge in [0.05, 0.1) is 12.1 Å². The van der Waals surface area contributed by atoms with Crippen molar-refractivity contribution in [1.82, 2.24) is 14.5 Å². The van der Waals surface area contributed by atoms with Gasteiger partial charge in [0.1, 0.15) is 4.70 Å². The molecule has 0 unspecified atom stereocenters. The zero-order valence-corrected chi connectivity index (χ0v) is 19.8. The van der Waals surface area contributed by atoms with Gasteiger partial charge in [-0.15, -0.1) is 11.3 Å². The van der Waals surface area contributed by atoms with Crippen molar-refractivity contribution in [2.45, 2.75) is 39.4 Å². The molecule has 0 saturated heterocycles. The predicted octanol–water partition coefficient (Wildman–Crippen LogP) is 4.33. The lowest BCUT2D eigenvalue weighted by molar-refractivity contribution is -0.121. The number of hydrogen-bond donors (Lipinski definition) is 1. The molecule has 1 N–H and O–H groups in total. The van der Waals surface area contributed by atoms with Crippen LogP contribution in [0.2, 0.25) is 5.02 Å². The Morgan fingerprint density at radius 2 is 1.82 bits per heavy atom. The summed E-state index contributed by atoms with van der Waals surface area (Å²) in [5, 5.41) is 5.29. The number of nitrogens with zero attached hydrogens (tertiary/aromatic N) is 2. The molecule has 0 saturated carbocycles. The van der Waals surface area contributed by atoms with Gasteiger partial charge >= 0.3 is 5.69 Å². The van der Waals surface area contributed by atoms with Crippen molar-refractivity contribution in [3.05, 3.63) is 103 Å². The summed E-state index contributed by atoms with van der Waals surface area (Å²) in [5.41, 5.74) is 2.98. The molecular formula is C25H24ClN3O3S. The normalized spacial score (nSPS) is 11.1. The number of aryl methyl sites for hydroxylation is 1. The second-order valence-corrected chi connectivity index (χ2v) is 9.31. The van der Waals surface area contributed by atoms with Crippen LogP contribution in [0.15, 0.2) is 69.6 Å². The van der Waals surface area contributed by atoms with Gasteiger partial charge in [-0.2, -0.15) is 0 Å². The average Bonchev–Trinajstić information content (AvgIpc) is 3.29. The van der Waals surface area contributed by atoms with Crippen LogP contribution < -0.4 is 16.6 Å². The lowest BCUT2D eigenvalue weighted by Crippen LogP contribution is -2.40. The molecule has 6 nitrogen and oxygen atoms in total. The Morgan fingerprint density at radius 1 is 1.03 bits per heavy atom. The van der Waals surface area contributed by atoms with Crippen LogP contribution in [-0.2, 0) is 24.4 Å². The monoisotopic (exact) mass is 481 g/mol. The number of fused-ring (bicyclic) bond motifs is 1. The summed E-state index contributed by atoms with van der Waals surface area (Å²) in [7, 11) is 0. The largest absolute Gasteiger partial charge is 0.352 e. The highest BCUT2D eigenvalue weighted by Crippen LogP contribution is 2.18. The van der Waals surface area contributed by atoms with Crippen LogP contribution in [0.3, 0.4) is 0 Å². The first kappa shape index (κ1) is 23.0. The zero-order chi connectivity index (χ0) is 23.4. The number of rotatable bonds is 8. The number of nitrogens with one attached hydrogen (secondary N) is 1. The van der Waals surface area contributed by atoms with Gasteiger partial charge in [-0.25, -0.2) is 4.79 Å². The van der Waals surface area contributed by atoms with Gasteiger partial charge < -0.3 is 5.32 Å². The first-order valence-corrected chi connectivity index (χ1v) is 12.0. The molecule has 8 heteroatoms. The Balaban J connectivity index is 1.47. The van der Waals surface area contributed by atoms with Gasteiger partial charge in [0, 0.05) is 24.5 Å². The molecule has 2 heterocycles. The summed E-state index contributed by atoms with van der Waals surface area (Å²) in [6.07, 6.45) is 0.622. The molecule has 4 aromatic rings. The van der Waals surface area contributed by atoms with Crippen molar-refractivity contribution in [3.63, 3.8) is 0 Å². The number of benzene rings is 2. The molecule has 1 amide bonds. The summed E-state index contributed by atoms with van der Waals surface area (Å²) < 4.78 is 3.35. The quantitative estimate of drug-likeness (QED) is 0.407. The van der Waals surface area contributed by atoms with E-state index in [9.17, 15) is 14.4 Å². The van der Waals surface area contributed by atoms with E-state index in [2.05, 4.69) is 5.32 Å². The van der Waals surface area contributed by atoms with Crippen molar-refractivity contribution in [3.8, 4) is 0 Å². The van der Waals surface area contributed by atoms with E-state index in [1.54, 1.807) is 22.8 Å². The molecule has 33 heavy (non-hydrogen) atoms. The van der Waals surface area contributed by atoms with Crippen LogP contribution in [0, 0.1) is 6.92 Å². The fourth-order valence-corrected chi connectivity index (χ4v) is 4.75. The Kier molecular flexibility index (Phi) is 7.11. The van der Waals surface area contributed by atoms with E-state index >= 15 is 0 Å². The molecule has 0 aliphatic carbocycles. The van der Waals surface area contributed by atoms with Crippen LogP contribution >= 0.6 is 22.9 Å². The molecule has 2 aromatic heterocycles. The molecule has 0 spiro atoms. The van der Waals surface area contributed by atoms with Crippen LogP contribution in [0.4, 0.5) is 0 Å². The van der Waals surface area contributed by atoms with Crippen LogP contribution in [0.5, 0.6) is 0 Å². The van der Waals surface area contributed by atoms with E-state index in [1.165, 1.54) is 21.5 Å². The molecule has 0 atom stereocenters. The molecule has 170 valence electrons. The first-order chi connectivity index (χ1) is 15.9. The lowest BCUT2D eigenvalue weighted by Gasteiger charge is -2.12. The van der Waals surface area contributed by atoms with Gasteiger partial charge in [0.25, 0.3) is 5.56 Å². The summed E-state index contributed by atoms with van der Waals surface area (Å²) in [4.78, 5) is 38.4. The van der Waals surface area contributed by atoms with E-state index in [1.807, 2.05) is 48.7 Å². The number of halogens is 1. The van der Waals surface area contributed by atoms with Gasteiger partial charge in [-0.3, -0.25) is 18.7 Å². The predicted molar refractivity (Wildman–Crippen MR) is 133 cm³/mol. The number of carbonyl (C=O) groups is 1. The van der Waals surface area contributed by atoms with Gasteiger partial charge in [-0.1, -0.05) is 53.6 Å². The van der Waals surface area contributed by atoms with Crippen molar-refractivity contribution in [2.24, 2.45) is 0 Å².